The van der Waals surface area contributed by atoms with Crippen LogP contribution in [0.15, 0.2) is 50.2 Å². The molecule has 0 radical (unpaired) electrons. The summed E-state index contributed by atoms with van der Waals surface area (Å²) in [6.07, 6.45) is 0. The molecule has 0 spiro atoms. The number of nitrogens with one attached hydrogen (secondary N) is 1. The van der Waals surface area contributed by atoms with E-state index in [-0.39, 0.29) is 4.90 Å². The minimum Gasteiger partial charge on any atom is -0.278 e. The first kappa shape index (κ1) is 15.8. The van der Waals surface area contributed by atoms with Crippen LogP contribution in [-0.4, -0.2) is 8.42 Å². The van der Waals surface area contributed by atoms with Gasteiger partial charge in [0.15, 0.2) is 0 Å². The normalized spacial score (nSPS) is 11.4. The number of halogens is 3. The Morgan fingerprint density at radius 1 is 1.05 bits per heavy atom. The van der Waals surface area contributed by atoms with E-state index in [1.807, 2.05) is 19.1 Å². The highest BCUT2D eigenvalue weighted by molar-refractivity contribution is 9.11. The van der Waals surface area contributed by atoms with Gasteiger partial charge in [0.25, 0.3) is 10.0 Å². The molecule has 0 aliphatic rings. The van der Waals surface area contributed by atoms with Crippen molar-refractivity contribution >= 4 is 59.2 Å². The first-order valence-electron chi connectivity index (χ1n) is 5.53. The molecule has 3 nitrogen and oxygen atoms in total. The summed E-state index contributed by atoms with van der Waals surface area (Å²) in [5.41, 5.74) is 1.52. The Hall–Kier alpha value is -0.560. The van der Waals surface area contributed by atoms with Crippen LogP contribution in [0.3, 0.4) is 0 Å². The fourth-order valence-corrected chi connectivity index (χ4v) is 4.03. The van der Waals surface area contributed by atoms with Crippen LogP contribution < -0.4 is 4.72 Å². The molecule has 0 fully saturated rings. The molecule has 0 saturated heterocycles. The molecule has 2 aromatic rings. The summed E-state index contributed by atoms with van der Waals surface area (Å²) in [7, 11) is -3.66. The first-order valence-corrected chi connectivity index (χ1v) is 8.98. The summed E-state index contributed by atoms with van der Waals surface area (Å²) in [6, 6.07) is 9.84. The van der Waals surface area contributed by atoms with Gasteiger partial charge in [0.2, 0.25) is 0 Å². The molecule has 0 aromatic heterocycles. The summed E-state index contributed by atoms with van der Waals surface area (Å²) in [5, 5.41) is 0.459. The third-order valence-electron chi connectivity index (χ3n) is 2.57. The second kappa shape index (κ2) is 6.05. The second-order valence-electron chi connectivity index (χ2n) is 4.16. The lowest BCUT2D eigenvalue weighted by Gasteiger charge is -2.11. The average Bonchev–Trinajstić information content (AvgIpc) is 2.36. The second-order valence-corrected chi connectivity index (χ2v) is 7.96. The van der Waals surface area contributed by atoms with E-state index in [1.54, 1.807) is 6.07 Å². The molecule has 106 valence electrons. The predicted molar refractivity (Wildman–Crippen MR) is 88.8 cm³/mol. The van der Waals surface area contributed by atoms with Crippen molar-refractivity contribution in [1.82, 2.24) is 0 Å². The minimum atomic E-state index is -3.66. The maximum atomic E-state index is 12.3. The van der Waals surface area contributed by atoms with Crippen molar-refractivity contribution in [1.29, 1.82) is 0 Å². The van der Waals surface area contributed by atoms with Crippen LogP contribution in [0.4, 0.5) is 5.69 Å². The van der Waals surface area contributed by atoms with Crippen molar-refractivity contribution in [2.75, 3.05) is 4.72 Å². The van der Waals surface area contributed by atoms with Gasteiger partial charge >= 0.3 is 0 Å². The number of hydrogen-bond donors (Lipinski definition) is 1. The number of rotatable bonds is 3. The van der Waals surface area contributed by atoms with Gasteiger partial charge in [0, 0.05) is 8.95 Å². The van der Waals surface area contributed by atoms with Gasteiger partial charge in [-0.15, -0.1) is 0 Å². The van der Waals surface area contributed by atoms with Crippen molar-refractivity contribution in [3.63, 3.8) is 0 Å². The number of sulfonamides is 1. The van der Waals surface area contributed by atoms with Gasteiger partial charge in [-0.2, -0.15) is 0 Å². The maximum absolute atomic E-state index is 12.3. The summed E-state index contributed by atoms with van der Waals surface area (Å²) >= 11 is 12.4. The Morgan fingerprint density at radius 3 is 2.35 bits per heavy atom. The summed E-state index contributed by atoms with van der Waals surface area (Å²) in [6.45, 7) is 1.93. The Balaban J connectivity index is 2.38. The molecular formula is C13H10Br2ClNO2S. The van der Waals surface area contributed by atoms with Crippen molar-refractivity contribution in [2.45, 2.75) is 11.8 Å². The van der Waals surface area contributed by atoms with Gasteiger partial charge < -0.3 is 0 Å². The van der Waals surface area contributed by atoms with E-state index in [0.29, 0.717) is 19.7 Å². The van der Waals surface area contributed by atoms with E-state index in [4.69, 9.17) is 11.6 Å². The molecule has 0 aliphatic carbocycles. The van der Waals surface area contributed by atoms with Crippen LogP contribution in [0, 0.1) is 6.92 Å². The molecule has 0 bridgehead atoms. The van der Waals surface area contributed by atoms with Gasteiger partial charge in [-0.25, -0.2) is 8.42 Å². The molecule has 0 heterocycles. The first-order chi connectivity index (χ1) is 9.29. The predicted octanol–water partition coefficient (Wildman–Crippen LogP) is 4.97. The quantitative estimate of drug-likeness (QED) is 0.734. The van der Waals surface area contributed by atoms with Crippen LogP contribution >= 0.6 is 43.5 Å². The van der Waals surface area contributed by atoms with Gasteiger partial charge in [0.1, 0.15) is 0 Å². The van der Waals surface area contributed by atoms with Crippen LogP contribution in [0.25, 0.3) is 0 Å². The Bertz CT molecular complexity index is 763. The standard InChI is InChI=1S/C13H10Br2ClNO2S/c1-8-2-5-13(11(15)6-8)17-20(18,19)9-3-4-12(16)10(14)7-9/h2-7,17H,1H3. The zero-order valence-electron chi connectivity index (χ0n) is 10.3. The van der Waals surface area contributed by atoms with Crippen molar-refractivity contribution in [2.24, 2.45) is 0 Å². The molecule has 0 saturated carbocycles. The molecule has 1 N–H and O–H groups in total. The van der Waals surface area contributed by atoms with Gasteiger partial charge in [-0.05, 0) is 74.7 Å². The number of anilines is 1. The zero-order chi connectivity index (χ0) is 14.9. The highest BCUT2D eigenvalue weighted by atomic mass is 79.9. The summed E-state index contributed by atoms with van der Waals surface area (Å²) in [5.74, 6) is 0. The molecule has 0 aliphatic heterocycles. The van der Waals surface area contributed by atoms with Crippen LogP contribution in [0.1, 0.15) is 5.56 Å². The van der Waals surface area contributed by atoms with Crippen molar-refractivity contribution < 1.29 is 8.42 Å². The van der Waals surface area contributed by atoms with E-state index in [1.165, 1.54) is 18.2 Å². The van der Waals surface area contributed by atoms with Crippen LogP contribution in [0.2, 0.25) is 5.02 Å². The van der Waals surface area contributed by atoms with E-state index in [2.05, 4.69) is 36.6 Å². The third kappa shape index (κ3) is 3.55. The van der Waals surface area contributed by atoms with E-state index in [0.717, 1.165) is 5.56 Å². The number of aryl methyl sites for hydroxylation is 1. The van der Waals surface area contributed by atoms with Crippen molar-refractivity contribution in [3.8, 4) is 0 Å². The monoisotopic (exact) mass is 437 g/mol. The van der Waals surface area contributed by atoms with Gasteiger partial charge in [-0.3, -0.25) is 4.72 Å². The highest BCUT2D eigenvalue weighted by Crippen LogP contribution is 2.29. The van der Waals surface area contributed by atoms with Gasteiger partial charge in [0.05, 0.1) is 15.6 Å². The largest absolute Gasteiger partial charge is 0.278 e. The van der Waals surface area contributed by atoms with E-state index in [9.17, 15) is 8.42 Å². The Labute approximate surface area is 139 Å². The maximum Gasteiger partial charge on any atom is 0.261 e. The lowest BCUT2D eigenvalue weighted by molar-refractivity contribution is 0.601. The summed E-state index contributed by atoms with van der Waals surface area (Å²) < 4.78 is 28.4. The average molecular weight is 440 g/mol. The van der Waals surface area contributed by atoms with Crippen molar-refractivity contribution in [3.05, 3.63) is 55.9 Å². The molecule has 7 heteroatoms. The van der Waals surface area contributed by atoms with Crippen LogP contribution in [0.5, 0.6) is 0 Å². The highest BCUT2D eigenvalue weighted by Gasteiger charge is 2.16. The fraction of sp³-hybridized carbons (Fsp3) is 0.0769. The Morgan fingerprint density at radius 2 is 1.75 bits per heavy atom. The molecular weight excluding hydrogens is 429 g/mol. The van der Waals surface area contributed by atoms with E-state index >= 15 is 0 Å². The number of benzene rings is 2. The Kier molecular flexibility index (Phi) is 4.79. The van der Waals surface area contributed by atoms with Crippen LogP contribution in [-0.2, 0) is 10.0 Å². The molecule has 0 unspecified atom stereocenters. The zero-order valence-corrected chi connectivity index (χ0v) is 15.1. The lowest BCUT2D eigenvalue weighted by atomic mass is 10.2. The third-order valence-corrected chi connectivity index (χ3v) is 5.80. The molecule has 20 heavy (non-hydrogen) atoms. The lowest BCUT2D eigenvalue weighted by Crippen LogP contribution is -2.13. The molecule has 2 rings (SSSR count). The summed E-state index contributed by atoms with van der Waals surface area (Å²) in [4.78, 5) is 0.140. The SMILES string of the molecule is Cc1ccc(NS(=O)(=O)c2ccc(Cl)c(Br)c2)c(Br)c1. The fourth-order valence-electron chi connectivity index (χ4n) is 1.55. The smallest absolute Gasteiger partial charge is 0.261 e. The molecule has 2 aromatic carbocycles. The minimum absolute atomic E-state index is 0.140. The molecule has 0 atom stereocenters. The van der Waals surface area contributed by atoms with Gasteiger partial charge in [-0.1, -0.05) is 17.7 Å². The molecule has 0 amide bonds. The number of hydrogen-bond acceptors (Lipinski definition) is 2. The van der Waals surface area contributed by atoms with E-state index < -0.39 is 10.0 Å². The topological polar surface area (TPSA) is 46.2 Å².